The molecular formula is C28H27FN4O4S. The van der Waals surface area contributed by atoms with Gasteiger partial charge in [0.15, 0.2) is 15.7 Å². The SMILES string of the molecule is CCS(=O)(=O)c1ccc(CC(=O)Nc2cc(C)c(C3(c4noc(-c5ccc(F)cc5)n4)CC3)c(C)c2)nc1. The average molecular weight is 535 g/mol. The van der Waals surface area contributed by atoms with E-state index in [2.05, 4.69) is 20.4 Å². The molecule has 10 heteroatoms. The normalized spacial score (nSPS) is 14.3. The Labute approximate surface area is 220 Å². The number of benzene rings is 2. The summed E-state index contributed by atoms with van der Waals surface area (Å²) < 4.78 is 42.7. The second-order valence-corrected chi connectivity index (χ2v) is 11.9. The lowest BCUT2D eigenvalue weighted by Crippen LogP contribution is -2.18. The Kier molecular flexibility index (Phi) is 6.60. The number of aromatic nitrogens is 3. The summed E-state index contributed by atoms with van der Waals surface area (Å²) in [5, 5.41) is 7.18. The topological polar surface area (TPSA) is 115 Å². The van der Waals surface area contributed by atoms with Crippen molar-refractivity contribution < 1.29 is 22.1 Å². The van der Waals surface area contributed by atoms with Gasteiger partial charge in [-0.25, -0.2) is 12.8 Å². The molecular weight excluding hydrogens is 507 g/mol. The van der Waals surface area contributed by atoms with Crippen LogP contribution < -0.4 is 5.32 Å². The van der Waals surface area contributed by atoms with Crippen LogP contribution >= 0.6 is 0 Å². The Bertz CT molecular complexity index is 1590. The van der Waals surface area contributed by atoms with Crippen LogP contribution in [0.3, 0.4) is 0 Å². The van der Waals surface area contributed by atoms with Crippen LogP contribution in [0.15, 0.2) is 64.1 Å². The highest BCUT2D eigenvalue weighted by Gasteiger charge is 2.51. The lowest BCUT2D eigenvalue weighted by atomic mass is 9.87. The molecule has 1 saturated carbocycles. The van der Waals surface area contributed by atoms with Crippen molar-refractivity contribution in [2.75, 3.05) is 11.1 Å². The minimum Gasteiger partial charge on any atom is -0.334 e. The van der Waals surface area contributed by atoms with Crippen LogP contribution in [-0.2, 0) is 26.5 Å². The monoisotopic (exact) mass is 534 g/mol. The smallest absolute Gasteiger partial charge is 0.257 e. The number of pyridine rings is 1. The molecule has 1 amide bonds. The fourth-order valence-corrected chi connectivity index (χ4v) is 5.69. The quantitative estimate of drug-likeness (QED) is 0.340. The van der Waals surface area contributed by atoms with Crippen molar-refractivity contribution in [1.29, 1.82) is 0 Å². The minimum atomic E-state index is -3.34. The summed E-state index contributed by atoms with van der Waals surface area (Å²) in [7, 11) is -3.34. The first-order chi connectivity index (χ1) is 18.1. The number of amides is 1. The molecule has 4 aromatic rings. The minimum absolute atomic E-state index is 0.00731. The second-order valence-electron chi connectivity index (χ2n) is 9.61. The van der Waals surface area contributed by atoms with Crippen LogP contribution in [0.5, 0.6) is 0 Å². The number of rotatable bonds is 8. The Morgan fingerprint density at radius 3 is 2.34 bits per heavy atom. The third-order valence-corrected chi connectivity index (χ3v) is 8.59. The largest absolute Gasteiger partial charge is 0.334 e. The molecule has 0 bridgehead atoms. The number of anilines is 1. The van der Waals surface area contributed by atoms with Gasteiger partial charge in [0.2, 0.25) is 5.91 Å². The standard InChI is InChI=1S/C28H27FN4O4S/c1-4-38(35,36)23-10-9-21(30-16-23)15-24(34)31-22-13-17(2)25(18(3)14-22)28(11-12-28)27-32-26(37-33-27)19-5-7-20(29)8-6-19/h5-10,13-14,16H,4,11-12,15H2,1-3H3,(H,31,34). The molecule has 0 aliphatic heterocycles. The zero-order chi connectivity index (χ0) is 27.1. The molecule has 1 fully saturated rings. The highest BCUT2D eigenvalue weighted by Crippen LogP contribution is 2.54. The van der Waals surface area contributed by atoms with Crippen LogP contribution in [0.25, 0.3) is 11.5 Å². The first kappa shape index (κ1) is 25.7. The highest BCUT2D eigenvalue weighted by molar-refractivity contribution is 7.91. The summed E-state index contributed by atoms with van der Waals surface area (Å²) in [5.41, 5.74) is 4.54. The van der Waals surface area contributed by atoms with Crippen LogP contribution in [0.1, 0.15) is 48.0 Å². The van der Waals surface area contributed by atoms with E-state index in [1.807, 2.05) is 26.0 Å². The van der Waals surface area contributed by atoms with E-state index in [0.717, 1.165) is 29.5 Å². The molecule has 2 aromatic heterocycles. The van der Waals surface area contributed by atoms with E-state index in [-0.39, 0.29) is 34.2 Å². The molecule has 38 heavy (non-hydrogen) atoms. The fourth-order valence-electron chi connectivity index (χ4n) is 4.86. The molecule has 0 spiro atoms. The van der Waals surface area contributed by atoms with Crippen LogP contribution in [0.4, 0.5) is 10.1 Å². The molecule has 8 nitrogen and oxygen atoms in total. The zero-order valence-electron chi connectivity index (χ0n) is 21.3. The summed E-state index contributed by atoms with van der Waals surface area (Å²) in [6.07, 6.45) is 3.06. The number of nitrogens with zero attached hydrogens (tertiary/aromatic N) is 3. The maximum atomic E-state index is 13.3. The van der Waals surface area contributed by atoms with Crippen molar-refractivity contribution >= 4 is 21.4 Å². The van der Waals surface area contributed by atoms with Gasteiger partial charge in [-0.1, -0.05) is 12.1 Å². The number of sulfone groups is 1. The third-order valence-electron chi connectivity index (χ3n) is 6.87. The van der Waals surface area contributed by atoms with Crippen molar-refractivity contribution in [3.8, 4) is 11.5 Å². The van der Waals surface area contributed by atoms with Crippen molar-refractivity contribution in [2.24, 2.45) is 0 Å². The Hall–Kier alpha value is -3.92. The van der Waals surface area contributed by atoms with E-state index in [4.69, 9.17) is 4.52 Å². The zero-order valence-corrected chi connectivity index (χ0v) is 22.1. The van der Waals surface area contributed by atoms with E-state index >= 15 is 0 Å². The first-order valence-corrected chi connectivity index (χ1v) is 14.0. The van der Waals surface area contributed by atoms with Gasteiger partial charge in [0.1, 0.15) is 5.82 Å². The van der Waals surface area contributed by atoms with Crippen molar-refractivity contribution in [3.05, 3.63) is 88.8 Å². The number of halogens is 1. The molecule has 1 aliphatic carbocycles. The van der Waals surface area contributed by atoms with Gasteiger partial charge < -0.3 is 9.84 Å². The van der Waals surface area contributed by atoms with Gasteiger partial charge in [-0.2, -0.15) is 4.98 Å². The summed E-state index contributed by atoms with van der Waals surface area (Å²) >= 11 is 0. The van der Waals surface area contributed by atoms with E-state index in [0.29, 0.717) is 28.7 Å². The number of carbonyl (C=O) groups is 1. The Balaban J connectivity index is 1.32. The first-order valence-electron chi connectivity index (χ1n) is 12.3. The van der Waals surface area contributed by atoms with Crippen molar-refractivity contribution in [2.45, 2.75) is 50.3 Å². The molecule has 196 valence electrons. The Morgan fingerprint density at radius 2 is 1.76 bits per heavy atom. The van der Waals surface area contributed by atoms with Gasteiger partial charge in [0, 0.05) is 23.1 Å². The summed E-state index contributed by atoms with van der Waals surface area (Å²) in [6.45, 7) is 5.56. The predicted molar refractivity (Wildman–Crippen MR) is 140 cm³/mol. The molecule has 2 aromatic carbocycles. The molecule has 0 unspecified atom stereocenters. The number of aryl methyl sites for hydroxylation is 2. The summed E-state index contributed by atoms with van der Waals surface area (Å²) in [5.74, 6) is 0.353. The van der Waals surface area contributed by atoms with Crippen LogP contribution in [0, 0.1) is 19.7 Å². The lowest BCUT2D eigenvalue weighted by molar-refractivity contribution is -0.115. The highest BCUT2D eigenvalue weighted by atomic mass is 32.2. The number of carbonyl (C=O) groups excluding carboxylic acids is 1. The van der Waals surface area contributed by atoms with Gasteiger partial charge in [-0.3, -0.25) is 9.78 Å². The molecule has 0 atom stereocenters. The fraction of sp³-hybridized carbons (Fsp3) is 0.286. The molecule has 5 rings (SSSR count). The molecule has 1 N–H and O–H groups in total. The Morgan fingerprint density at radius 1 is 1.08 bits per heavy atom. The van der Waals surface area contributed by atoms with Crippen molar-refractivity contribution in [3.63, 3.8) is 0 Å². The summed E-state index contributed by atoms with van der Waals surface area (Å²) in [4.78, 5) is 21.6. The molecule has 1 aliphatic rings. The van der Waals surface area contributed by atoms with Gasteiger partial charge in [0.25, 0.3) is 5.89 Å². The van der Waals surface area contributed by atoms with Gasteiger partial charge in [-0.15, -0.1) is 0 Å². The predicted octanol–water partition coefficient (Wildman–Crippen LogP) is 4.94. The second kappa shape index (κ2) is 9.75. The van der Waals surface area contributed by atoms with Gasteiger partial charge in [-0.05, 0) is 91.9 Å². The van der Waals surface area contributed by atoms with E-state index in [1.54, 1.807) is 25.1 Å². The maximum Gasteiger partial charge on any atom is 0.257 e. The average Bonchev–Trinajstić information content (AvgIpc) is 3.51. The number of nitrogens with one attached hydrogen (secondary N) is 1. The van der Waals surface area contributed by atoms with Gasteiger partial charge in [0.05, 0.1) is 22.5 Å². The van der Waals surface area contributed by atoms with Crippen LogP contribution in [0.2, 0.25) is 0 Å². The van der Waals surface area contributed by atoms with Crippen LogP contribution in [-0.4, -0.2) is 35.2 Å². The maximum absolute atomic E-state index is 13.3. The summed E-state index contributed by atoms with van der Waals surface area (Å²) in [6, 6.07) is 12.8. The third kappa shape index (κ3) is 4.96. The van der Waals surface area contributed by atoms with E-state index < -0.39 is 9.84 Å². The molecule has 0 saturated heterocycles. The number of hydrogen-bond donors (Lipinski definition) is 1. The van der Waals surface area contributed by atoms with Gasteiger partial charge >= 0.3 is 0 Å². The van der Waals surface area contributed by atoms with E-state index in [1.165, 1.54) is 24.4 Å². The molecule has 2 heterocycles. The van der Waals surface area contributed by atoms with Crippen molar-refractivity contribution in [1.82, 2.24) is 15.1 Å². The van der Waals surface area contributed by atoms with E-state index in [9.17, 15) is 17.6 Å². The molecule has 0 radical (unpaired) electrons. The number of hydrogen-bond acceptors (Lipinski definition) is 7. The lowest BCUT2D eigenvalue weighted by Gasteiger charge is -2.19.